The van der Waals surface area contributed by atoms with Crippen LogP contribution in [0.3, 0.4) is 0 Å². The van der Waals surface area contributed by atoms with Crippen LogP contribution in [0.2, 0.25) is 0 Å². The number of aromatic nitrogens is 2. The van der Waals surface area contributed by atoms with Crippen molar-refractivity contribution in [1.82, 2.24) is 14.9 Å². The summed E-state index contributed by atoms with van der Waals surface area (Å²) in [4.78, 5) is 4.29. The number of imidazole rings is 1. The van der Waals surface area contributed by atoms with E-state index in [9.17, 15) is 5.11 Å². The first-order chi connectivity index (χ1) is 7.84. The summed E-state index contributed by atoms with van der Waals surface area (Å²) < 4.78 is 2.34. The Bertz CT molecular complexity index is 351. The Morgan fingerprint density at radius 3 is 2.62 bits per heavy atom. The molecule has 16 heavy (non-hydrogen) atoms. The maximum Gasteiger partial charge on any atom is 0.0950 e. The Morgan fingerprint density at radius 2 is 2.00 bits per heavy atom. The molecule has 2 fully saturated rings. The van der Waals surface area contributed by atoms with Crippen molar-refractivity contribution in [2.45, 2.75) is 43.7 Å². The van der Waals surface area contributed by atoms with E-state index >= 15 is 0 Å². The van der Waals surface area contributed by atoms with Gasteiger partial charge in [-0.3, -0.25) is 0 Å². The average molecular weight is 221 g/mol. The third-order valence-corrected chi connectivity index (χ3v) is 3.96. The van der Waals surface area contributed by atoms with Crippen LogP contribution in [-0.2, 0) is 0 Å². The lowest BCUT2D eigenvalue weighted by molar-refractivity contribution is 0.109. The predicted octanol–water partition coefficient (Wildman–Crippen LogP) is 1.05. The van der Waals surface area contributed by atoms with Crippen molar-refractivity contribution < 1.29 is 5.11 Å². The van der Waals surface area contributed by atoms with Gasteiger partial charge in [0.05, 0.1) is 12.4 Å². The molecule has 0 aromatic carbocycles. The largest absolute Gasteiger partial charge is 0.393 e. The highest BCUT2D eigenvalue weighted by atomic mass is 16.3. The number of aliphatic hydroxyl groups excluding tert-OH is 1. The fraction of sp³-hybridized carbons (Fsp3) is 0.750. The molecular formula is C12H19N3O. The molecule has 88 valence electrons. The highest BCUT2D eigenvalue weighted by molar-refractivity contribution is 5.13. The summed E-state index contributed by atoms with van der Waals surface area (Å²) in [6.07, 6.45) is 7.95. The number of hydrogen-bond donors (Lipinski definition) is 2. The SMILES string of the molecule is OC1CCC(n2cncc2C2CNC2)CC1. The molecule has 1 saturated carbocycles. The van der Waals surface area contributed by atoms with Crippen LogP contribution in [0.15, 0.2) is 12.5 Å². The Kier molecular flexibility index (Phi) is 2.69. The summed E-state index contributed by atoms with van der Waals surface area (Å²) in [7, 11) is 0. The third kappa shape index (κ3) is 1.76. The lowest BCUT2D eigenvalue weighted by Crippen LogP contribution is -2.41. The Morgan fingerprint density at radius 1 is 1.25 bits per heavy atom. The van der Waals surface area contributed by atoms with Crippen LogP contribution in [0.1, 0.15) is 43.3 Å². The average Bonchev–Trinajstić information content (AvgIpc) is 2.65. The topological polar surface area (TPSA) is 50.1 Å². The van der Waals surface area contributed by atoms with Crippen LogP contribution in [0, 0.1) is 0 Å². The predicted molar refractivity (Wildman–Crippen MR) is 61.3 cm³/mol. The van der Waals surface area contributed by atoms with Crippen molar-refractivity contribution in [3.05, 3.63) is 18.2 Å². The van der Waals surface area contributed by atoms with Gasteiger partial charge in [0.15, 0.2) is 0 Å². The summed E-state index contributed by atoms with van der Waals surface area (Å²) in [5.74, 6) is 0.648. The van der Waals surface area contributed by atoms with E-state index in [-0.39, 0.29) is 6.10 Å². The second-order valence-corrected chi connectivity index (χ2v) is 5.04. The molecule has 0 spiro atoms. The first-order valence-electron chi connectivity index (χ1n) is 6.25. The molecule has 1 aliphatic carbocycles. The molecule has 3 rings (SSSR count). The minimum Gasteiger partial charge on any atom is -0.393 e. The monoisotopic (exact) mass is 221 g/mol. The molecule has 0 amide bonds. The lowest BCUT2D eigenvalue weighted by atomic mass is 9.91. The van der Waals surface area contributed by atoms with Gasteiger partial charge < -0.3 is 15.0 Å². The zero-order valence-electron chi connectivity index (χ0n) is 9.47. The van der Waals surface area contributed by atoms with Crippen LogP contribution in [0.4, 0.5) is 0 Å². The molecule has 0 bridgehead atoms. The smallest absolute Gasteiger partial charge is 0.0950 e. The standard InChI is InChI=1S/C12H19N3O/c16-11-3-1-10(2-4-11)15-8-14-7-12(15)9-5-13-6-9/h7-11,13,16H,1-6H2. The number of nitrogens with one attached hydrogen (secondary N) is 1. The number of hydrogen-bond acceptors (Lipinski definition) is 3. The summed E-state index contributed by atoms with van der Waals surface area (Å²) >= 11 is 0. The molecule has 0 unspecified atom stereocenters. The summed E-state index contributed by atoms with van der Waals surface area (Å²) in [5, 5.41) is 12.8. The maximum atomic E-state index is 9.53. The van der Waals surface area contributed by atoms with Crippen molar-refractivity contribution in [2.24, 2.45) is 0 Å². The van der Waals surface area contributed by atoms with Crippen molar-refractivity contribution >= 4 is 0 Å². The fourth-order valence-corrected chi connectivity index (χ4v) is 2.77. The Balaban J connectivity index is 1.75. The van der Waals surface area contributed by atoms with Gasteiger partial charge in [0.2, 0.25) is 0 Å². The zero-order chi connectivity index (χ0) is 11.0. The van der Waals surface area contributed by atoms with Gasteiger partial charge in [-0.05, 0) is 25.7 Å². The van der Waals surface area contributed by atoms with Gasteiger partial charge in [0.25, 0.3) is 0 Å². The molecule has 1 saturated heterocycles. The molecule has 1 aromatic rings. The first-order valence-corrected chi connectivity index (χ1v) is 6.25. The van der Waals surface area contributed by atoms with Crippen LogP contribution >= 0.6 is 0 Å². The van der Waals surface area contributed by atoms with E-state index in [1.54, 1.807) is 0 Å². The summed E-state index contributed by atoms with van der Waals surface area (Å²) in [5.41, 5.74) is 1.38. The van der Waals surface area contributed by atoms with Crippen LogP contribution in [-0.4, -0.2) is 33.9 Å². The minimum absolute atomic E-state index is 0.0754. The number of nitrogens with zero attached hydrogens (tertiary/aromatic N) is 2. The molecular weight excluding hydrogens is 202 g/mol. The molecule has 4 heteroatoms. The Hall–Kier alpha value is -0.870. The van der Waals surface area contributed by atoms with Gasteiger partial charge >= 0.3 is 0 Å². The lowest BCUT2D eigenvalue weighted by Gasteiger charge is -2.32. The molecule has 1 aliphatic heterocycles. The minimum atomic E-state index is -0.0754. The van der Waals surface area contributed by atoms with E-state index in [1.807, 2.05) is 12.5 Å². The van der Waals surface area contributed by atoms with Gasteiger partial charge in [-0.25, -0.2) is 4.98 Å². The Labute approximate surface area is 95.7 Å². The van der Waals surface area contributed by atoms with Crippen LogP contribution < -0.4 is 5.32 Å². The molecule has 2 N–H and O–H groups in total. The number of rotatable bonds is 2. The van der Waals surface area contributed by atoms with Crippen molar-refractivity contribution in [3.63, 3.8) is 0 Å². The van der Waals surface area contributed by atoms with Gasteiger partial charge in [-0.1, -0.05) is 0 Å². The van der Waals surface area contributed by atoms with E-state index in [2.05, 4.69) is 14.9 Å². The van der Waals surface area contributed by atoms with Crippen LogP contribution in [0.5, 0.6) is 0 Å². The van der Waals surface area contributed by atoms with E-state index in [0.29, 0.717) is 12.0 Å². The van der Waals surface area contributed by atoms with E-state index in [1.165, 1.54) is 5.69 Å². The van der Waals surface area contributed by atoms with E-state index in [0.717, 1.165) is 38.8 Å². The van der Waals surface area contributed by atoms with Gasteiger partial charge in [0, 0.05) is 36.9 Å². The van der Waals surface area contributed by atoms with E-state index < -0.39 is 0 Å². The van der Waals surface area contributed by atoms with Crippen LogP contribution in [0.25, 0.3) is 0 Å². The number of aliphatic hydroxyl groups is 1. The zero-order valence-corrected chi connectivity index (χ0v) is 9.47. The van der Waals surface area contributed by atoms with E-state index in [4.69, 9.17) is 0 Å². The molecule has 2 aliphatic rings. The van der Waals surface area contributed by atoms with Crippen molar-refractivity contribution in [1.29, 1.82) is 0 Å². The maximum absolute atomic E-state index is 9.53. The van der Waals surface area contributed by atoms with Gasteiger partial charge in [0.1, 0.15) is 0 Å². The van der Waals surface area contributed by atoms with Gasteiger partial charge in [-0.2, -0.15) is 0 Å². The van der Waals surface area contributed by atoms with Crippen molar-refractivity contribution in [2.75, 3.05) is 13.1 Å². The van der Waals surface area contributed by atoms with Crippen molar-refractivity contribution in [3.8, 4) is 0 Å². The van der Waals surface area contributed by atoms with Gasteiger partial charge in [-0.15, -0.1) is 0 Å². The second-order valence-electron chi connectivity index (χ2n) is 5.04. The second kappa shape index (κ2) is 4.18. The third-order valence-electron chi connectivity index (χ3n) is 3.96. The normalized spacial score (nSPS) is 31.3. The molecule has 0 atom stereocenters. The highest BCUT2D eigenvalue weighted by Crippen LogP contribution is 2.31. The highest BCUT2D eigenvalue weighted by Gasteiger charge is 2.27. The molecule has 2 heterocycles. The summed E-state index contributed by atoms with van der Waals surface area (Å²) in [6, 6.07) is 0.557. The quantitative estimate of drug-likeness (QED) is 0.784. The fourth-order valence-electron chi connectivity index (χ4n) is 2.77. The summed E-state index contributed by atoms with van der Waals surface area (Å²) in [6.45, 7) is 2.17. The molecule has 0 radical (unpaired) electrons. The first kappa shape index (κ1) is 10.3. The molecule has 4 nitrogen and oxygen atoms in total. The molecule has 1 aromatic heterocycles.